The Bertz CT molecular complexity index is 2260. The van der Waals surface area contributed by atoms with E-state index in [0.29, 0.717) is 11.6 Å². The molecule has 0 amide bonds. The van der Waals surface area contributed by atoms with E-state index >= 15 is 0 Å². The van der Waals surface area contributed by atoms with Crippen molar-refractivity contribution in [3.8, 4) is 22.5 Å². The van der Waals surface area contributed by atoms with Crippen molar-refractivity contribution >= 4 is 55.2 Å². The van der Waals surface area contributed by atoms with Crippen molar-refractivity contribution in [2.45, 2.75) is 25.5 Å². The van der Waals surface area contributed by atoms with E-state index in [9.17, 15) is 0 Å². The highest BCUT2D eigenvalue weighted by molar-refractivity contribution is 6.09. The molecular weight excluding hydrogens is 556 g/mol. The summed E-state index contributed by atoms with van der Waals surface area (Å²) >= 11 is 0. The third kappa shape index (κ3) is 4.37. The van der Waals surface area contributed by atoms with Crippen molar-refractivity contribution in [1.29, 1.82) is 0 Å². The Morgan fingerprint density at radius 1 is 0.705 bits per heavy atom. The number of nitrogen functional groups attached to an aromatic ring is 2. The number of ether oxygens (including phenoxy) is 1. The minimum atomic E-state index is 0.00237. The first kappa shape index (κ1) is 25.9. The van der Waals surface area contributed by atoms with Gasteiger partial charge in [0.2, 0.25) is 0 Å². The minimum absolute atomic E-state index is 0.00237. The number of hydrogen-bond donors (Lipinski definition) is 5. The van der Waals surface area contributed by atoms with E-state index in [-0.39, 0.29) is 6.23 Å². The molecule has 0 aliphatic carbocycles. The molecule has 1 saturated heterocycles. The lowest BCUT2D eigenvalue weighted by Crippen LogP contribution is -2.19. The Morgan fingerprint density at radius 3 is 2.02 bits per heavy atom. The number of rotatable bonds is 3. The summed E-state index contributed by atoms with van der Waals surface area (Å²) in [5, 5.41) is 29.2. The largest absolute Gasteiger partial charge is 0.383 e. The summed E-state index contributed by atoms with van der Waals surface area (Å²) < 4.78 is 7.86. The van der Waals surface area contributed by atoms with Gasteiger partial charge in [0.1, 0.15) is 11.6 Å². The number of nitrogens with one attached hydrogen (secondary N) is 3. The molecule has 1 atom stereocenters. The summed E-state index contributed by atoms with van der Waals surface area (Å²) in [6.07, 6.45) is 10.2. The Kier molecular flexibility index (Phi) is 6.15. The lowest BCUT2D eigenvalue weighted by atomic mass is 10.1. The van der Waals surface area contributed by atoms with Crippen molar-refractivity contribution in [1.82, 2.24) is 50.3 Å². The van der Waals surface area contributed by atoms with Crippen LogP contribution in [0.1, 0.15) is 25.5 Å². The zero-order valence-corrected chi connectivity index (χ0v) is 23.5. The number of benzene rings is 2. The van der Waals surface area contributed by atoms with E-state index < -0.39 is 0 Å². The topological polar surface area (TPSA) is 191 Å². The molecule has 2 aromatic carbocycles. The van der Waals surface area contributed by atoms with Gasteiger partial charge in [0.05, 0.1) is 56.6 Å². The number of anilines is 2. The SMILES string of the molecule is Nc1nc2cc(-c3ccn[nH]3)ccc2c2[nH]ncc12.Nc1nc2cc(-c3ccnn3C3CCCCO3)ccc2c2[nH]ncc12. The van der Waals surface area contributed by atoms with E-state index in [1.807, 2.05) is 47.3 Å². The second-order valence-electron chi connectivity index (χ2n) is 10.7. The predicted molar refractivity (Wildman–Crippen MR) is 169 cm³/mol. The van der Waals surface area contributed by atoms with Gasteiger partial charge in [-0.2, -0.15) is 20.4 Å². The van der Waals surface area contributed by atoms with E-state index in [4.69, 9.17) is 16.2 Å². The molecule has 0 radical (unpaired) electrons. The van der Waals surface area contributed by atoms with Gasteiger partial charge in [0.15, 0.2) is 6.23 Å². The molecule has 8 aromatic rings. The molecule has 1 fully saturated rings. The number of H-pyrrole nitrogens is 3. The standard InChI is InChI=1S/C18H18N6O.C13H10N6/c19-18-13-10-20-23-17(13)12-5-4-11(9-14(12)22-18)15-6-7-21-24(15)16-3-1-2-8-25-16;14-13-9-6-16-19-12(9)8-2-1-7(5-11(8)17-13)10-3-4-15-18-10/h4-7,9-10,16H,1-3,8H2,(H2,19,22)(H,20,23);1-6H,(H2,14,17)(H,15,18)(H,16,19). The van der Waals surface area contributed by atoms with Crippen LogP contribution in [0.15, 0.2) is 73.3 Å². The molecule has 0 saturated carbocycles. The van der Waals surface area contributed by atoms with Crippen molar-refractivity contribution in [3.05, 3.63) is 73.3 Å². The number of aromatic nitrogens is 10. The highest BCUT2D eigenvalue weighted by Gasteiger charge is 2.20. The predicted octanol–water partition coefficient (Wildman–Crippen LogP) is 5.34. The van der Waals surface area contributed by atoms with Crippen LogP contribution in [0.25, 0.3) is 66.1 Å². The number of aromatic amines is 3. The van der Waals surface area contributed by atoms with Crippen LogP contribution in [-0.4, -0.2) is 56.9 Å². The van der Waals surface area contributed by atoms with Crippen LogP contribution < -0.4 is 11.5 Å². The first-order valence-electron chi connectivity index (χ1n) is 14.3. The number of hydrogen-bond acceptors (Lipinski definition) is 9. The van der Waals surface area contributed by atoms with Crippen LogP contribution in [0.3, 0.4) is 0 Å². The third-order valence-corrected chi connectivity index (χ3v) is 8.05. The zero-order valence-electron chi connectivity index (χ0n) is 23.5. The zero-order chi connectivity index (χ0) is 29.6. The number of nitrogens with two attached hydrogens (primary N) is 2. The molecule has 1 unspecified atom stereocenters. The quantitative estimate of drug-likeness (QED) is 0.182. The molecule has 0 bridgehead atoms. The fraction of sp³-hybridized carbons (Fsp3) is 0.161. The third-order valence-electron chi connectivity index (χ3n) is 8.05. The number of pyridine rings is 2. The molecule has 7 heterocycles. The van der Waals surface area contributed by atoms with E-state index in [1.165, 1.54) is 0 Å². The molecule has 13 heteroatoms. The van der Waals surface area contributed by atoms with Crippen LogP contribution in [0.4, 0.5) is 11.6 Å². The van der Waals surface area contributed by atoms with Crippen LogP contribution in [0.5, 0.6) is 0 Å². The average Bonchev–Trinajstić information content (AvgIpc) is 3.88. The molecule has 44 heavy (non-hydrogen) atoms. The van der Waals surface area contributed by atoms with Gasteiger partial charge in [-0.1, -0.05) is 12.1 Å². The van der Waals surface area contributed by atoms with Crippen LogP contribution >= 0.6 is 0 Å². The van der Waals surface area contributed by atoms with Crippen molar-refractivity contribution in [3.63, 3.8) is 0 Å². The van der Waals surface area contributed by atoms with Gasteiger partial charge in [-0.15, -0.1) is 0 Å². The van der Waals surface area contributed by atoms with E-state index in [0.717, 1.165) is 92.0 Å². The van der Waals surface area contributed by atoms with Gasteiger partial charge in [-0.25, -0.2) is 14.6 Å². The second kappa shape index (κ2) is 10.5. The lowest BCUT2D eigenvalue weighted by Gasteiger charge is -2.24. The Morgan fingerprint density at radius 2 is 1.39 bits per heavy atom. The summed E-state index contributed by atoms with van der Waals surface area (Å²) in [5.41, 5.74) is 19.6. The van der Waals surface area contributed by atoms with Crippen molar-refractivity contribution < 1.29 is 4.74 Å². The molecule has 9 rings (SSSR count). The minimum Gasteiger partial charge on any atom is -0.383 e. The number of nitrogens with zero attached hydrogens (tertiary/aromatic N) is 7. The highest BCUT2D eigenvalue weighted by atomic mass is 16.5. The van der Waals surface area contributed by atoms with Crippen molar-refractivity contribution in [2.75, 3.05) is 18.1 Å². The van der Waals surface area contributed by atoms with Gasteiger partial charge in [-0.05, 0) is 55.7 Å². The molecule has 1 aliphatic rings. The number of fused-ring (bicyclic) bond motifs is 6. The normalized spacial score (nSPS) is 15.2. The molecule has 13 nitrogen and oxygen atoms in total. The fourth-order valence-electron chi connectivity index (χ4n) is 5.85. The van der Waals surface area contributed by atoms with Gasteiger partial charge in [0, 0.05) is 40.9 Å². The van der Waals surface area contributed by atoms with Gasteiger partial charge in [-0.3, -0.25) is 15.3 Å². The maximum Gasteiger partial charge on any atom is 0.150 e. The van der Waals surface area contributed by atoms with Crippen molar-refractivity contribution in [2.24, 2.45) is 0 Å². The second-order valence-corrected chi connectivity index (χ2v) is 10.7. The van der Waals surface area contributed by atoms with E-state index in [2.05, 4.69) is 57.8 Å². The Hall–Kier alpha value is -5.82. The van der Waals surface area contributed by atoms with Gasteiger partial charge < -0.3 is 16.2 Å². The molecular formula is C31H28N12O. The monoisotopic (exact) mass is 584 g/mol. The lowest BCUT2D eigenvalue weighted by molar-refractivity contribution is -0.0383. The van der Waals surface area contributed by atoms with Gasteiger partial charge in [0.25, 0.3) is 0 Å². The fourth-order valence-corrected chi connectivity index (χ4v) is 5.85. The summed E-state index contributed by atoms with van der Waals surface area (Å²) in [6, 6.07) is 16.1. The summed E-state index contributed by atoms with van der Waals surface area (Å²) in [4.78, 5) is 8.98. The van der Waals surface area contributed by atoms with Gasteiger partial charge >= 0.3 is 0 Å². The average molecular weight is 585 g/mol. The molecule has 218 valence electrons. The van der Waals surface area contributed by atoms with Crippen LogP contribution in [-0.2, 0) is 4.74 Å². The molecule has 6 aromatic heterocycles. The summed E-state index contributed by atoms with van der Waals surface area (Å²) in [5.74, 6) is 0.968. The molecule has 1 aliphatic heterocycles. The smallest absolute Gasteiger partial charge is 0.150 e. The summed E-state index contributed by atoms with van der Waals surface area (Å²) in [7, 11) is 0. The molecule has 0 spiro atoms. The highest BCUT2D eigenvalue weighted by Crippen LogP contribution is 2.33. The van der Waals surface area contributed by atoms with E-state index in [1.54, 1.807) is 18.6 Å². The van der Waals surface area contributed by atoms with Crippen LogP contribution in [0, 0.1) is 0 Å². The first-order chi connectivity index (χ1) is 21.6. The Labute approximate surface area is 249 Å². The maximum absolute atomic E-state index is 6.07. The first-order valence-corrected chi connectivity index (χ1v) is 14.3. The van der Waals surface area contributed by atoms with Crippen LogP contribution in [0.2, 0.25) is 0 Å². The maximum atomic E-state index is 6.07. The summed E-state index contributed by atoms with van der Waals surface area (Å²) in [6.45, 7) is 0.789. The molecule has 7 N–H and O–H groups in total. The Balaban J connectivity index is 0.000000136.